The van der Waals surface area contributed by atoms with E-state index in [0.29, 0.717) is 29.9 Å². The van der Waals surface area contributed by atoms with Gasteiger partial charge in [-0.1, -0.05) is 52.5 Å². The van der Waals surface area contributed by atoms with Crippen LogP contribution in [0.1, 0.15) is 78.0 Å². The second-order valence-corrected chi connectivity index (χ2v) is 14.1. The molecule has 11 heteroatoms. The minimum absolute atomic E-state index is 0.132. The number of ether oxygens (including phenoxy) is 5. The summed E-state index contributed by atoms with van der Waals surface area (Å²) in [6.07, 6.45) is 6.58. The van der Waals surface area contributed by atoms with Gasteiger partial charge in [-0.2, -0.15) is 0 Å². The summed E-state index contributed by atoms with van der Waals surface area (Å²) >= 11 is 0. The van der Waals surface area contributed by atoms with Gasteiger partial charge in [-0.3, -0.25) is 9.59 Å². The number of allylic oxidation sites excluding steroid dienone is 1. The van der Waals surface area contributed by atoms with Gasteiger partial charge in [0.2, 0.25) is 5.78 Å². The number of ketones is 1. The Bertz CT molecular complexity index is 1660. The number of hydrogen-bond acceptors (Lipinski definition) is 9. The average Bonchev–Trinajstić information content (AvgIpc) is 3.12. The number of methoxy groups -OCH3 is 2. The van der Waals surface area contributed by atoms with Crippen LogP contribution < -0.4 is 14.2 Å². The molecule has 2 atom stereocenters. The third kappa shape index (κ3) is 11.8. The Hall–Kier alpha value is -4.93. The highest BCUT2D eigenvalue weighted by Crippen LogP contribution is 2.32. The summed E-state index contributed by atoms with van der Waals surface area (Å²) in [6, 6.07) is 8.23. The van der Waals surface area contributed by atoms with Crippen LogP contribution in [-0.2, 0) is 28.7 Å². The van der Waals surface area contributed by atoms with Crippen molar-refractivity contribution in [1.29, 1.82) is 0 Å². The quantitative estimate of drug-likeness (QED) is 0.0710. The number of Topliss-reactive ketones (excluding diaryl/α,β-unsaturated/α-hetero) is 1. The molecule has 0 unspecified atom stereocenters. The van der Waals surface area contributed by atoms with Gasteiger partial charge in [0.15, 0.2) is 11.5 Å². The number of benzene rings is 2. The molecule has 0 bridgehead atoms. The van der Waals surface area contributed by atoms with E-state index in [1.807, 2.05) is 27.7 Å². The molecule has 0 spiro atoms. The van der Waals surface area contributed by atoms with E-state index in [1.165, 1.54) is 51.2 Å². The fraction of sp³-hybridized carbons (Fsp3) is 0.463. The molecule has 1 amide bonds. The van der Waals surface area contributed by atoms with Crippen molar-refractivity contribution in [3.63, 3.8) is 0 Å². The number of amides is 1. The lowest BCUT2D eigenvalue weighted by Gasteiger charge is -2.36. The molecule has 10 nitrogen and oxygen atoms in total. The lowest BCUT2D eigenvalue weighted by Crippen LogP contribution is -2.53. The van der Waals surface area contributed by atoms with Crippen LogP contribution in [0.4, 0.5) is 4.39 Å². The van der Waals surface area contributed by atoms with Crippen molar-refractivity contribution in [1.82, 2.24) is 4.90 Å². The van der Waals surface area contributed by atoms with E-state index in [1.54, 1.807) is 42.5 Å². The first kappa shape index (κ1) is 41.5. The van der Waals surface area contributed by atoms with Crippen LogP contribution in [-0.4, -0.2) is 68.5 Å². The first-order valence-electron chi connectivity index (χ1n) is 17.5. The van der Waals surface area contributed by atoms with Gasteiger partial charge in [0, 0.05) is 24.3 Å². The number of esters is 2. The van der Waals surface area contributed by atoms with E-state index in [-0.39, 0.29) is 49.3 Å². The van der Waals surface area contributed by atoms with Crippen molar-refractivity contribution in [2.24, 2.45) is 17.3 Å². The average molecular weight is 722 g/mol. The molecule has 0 aliphatic carbocycles. The zero-order chi connectivity index (χ0) is 38.6. The van der Waals surface area contributed by atoms with E-state index in [4.69, 9.17) is 23.7 Å². The van der Waals surface area contributed by atoms with E-state index in [2.05, 4.69) is 6.58 Å². The molecule has 2 aromatic rings. The van der Waals surface area contributed by atoms with E-state index >= 15 is 4.39 Å². The van der Waals surface area contributed by atoms with Gasteiger partial charge in [0.05, 0.1) is 19.6 Å². The molecule has 1 saturated heterocycles. The number of hydrogen-bond donors (Lipinski definition) is 0. The Morgan fingerprint density at radius 3 is 2.35 bits per heavy atom. The molecule has 52 heavy (non-hydrogen) atoms. The summed E-state index contributed by atoms with van der Waals surface area (Å²) in [5.41, 5.74) is 0.438. The zero-order valence-corrected chi connectivity index (χ0v) is 31.5. The summed E-state index contributed by atoms with van der Waals surface area (Å²) in [5, 5.41) is 0. The highest BCUT2D eigenvalue weighted by Gasteiger charge is 2.42. The first-order chi connectivity index (χ1) is 24.6. The molecule has 0 N–H and O–H groups in total. The maximum atomic E-state index is 15.0. The monoisotopic (exact) mass is 721 g/mol. The predicted molar refractivity (Wildman–Crippen MR) is 196 cm³/mol. The highest BCUT2D eigenvalue weighted by molar-refractivity contribution is 6.38. The summed E-state index contributed by atoms with van der Waals surface area (Å²) in [6.45, 7) is 14.8. The van der Waals surface area contributed by atoms with Gasteiger partial charge in [0.1, 0.15) is 36.9 Å². The van der Waals surface area contributed by atoms with Crippen molar-refractivity contribution in [2.45, 2.75) is 73.0 Å². The Morgan fingerprint density at radius 1 is 0.981 bits per heavy atom. The van der Waals surface area contributed by atoms with Crippen LogP contribution in [0.5, 0.6) is 17.2 Å². The van der Waals surface area contributed by atoms with Crippen LogP contribution >= 0.6 is 0 Å². The van der Waals surface area contributed by atoms with Gasteiger partial charge in [0.25, 0.3) is 5.91 Å². The lowest BCUT2D eigenvalue weighted by atomic mass is 9.87. The second-order valence-electron chi connectivity index (χ2n) is 14.1. The van der Waals surface area contributed by atoms with Crippen molar-refractivity contribution in [2.75, 3.05) is 34.0 Å². The molecule has 1 fully saturated rings. The molecule has 1 heterocycles. The van der Waals surface area contributed by atoms with E-state index in [0.717, 1.165) is 5.57 Å². The smallest absolute Gasteiger partial charge is 0.330 e. The number of nitrogens with zero attached hydrogens (tertiary/aromatic N) is 1. The fourth-order valence-electron chi connectivity index (χ4n) is 5.23. The topological polar surface area (TPSA) is 118 Å². The summed E-state index contributed by atoms with van der Waals surface area (Å²) < 4.78 is 43.0. The molecule has 2 aromatic carbocycles. The maximum Gasteiger partial charge on any atom is 0.330 e. The number of carbonyl (C=O) groups is 4. The Morgan fingerprint density at radius 2 is 1.69 bits per heavy atom. The number of likely N-dealkylation sites (tertiary alicyclic amines) is 1. The molecule has 0 saturated carbocycles. The van der Waals surface area contributed by atoms with E-state index < -0.39 is 47.0 Å². The lowest BCUT2D eigenvalue weighted by molar-refractivity contribution is -0.163. The molecule has 0 aromatic heterocycles. The van der Waals surface area contributed by atoms with Gasteiger partial charge in [-0.15, -0.1) is 0 Å². The van der Waals surface area contributed by atoms with Crippen LogP contribution in [0.15, 0.2) is 66.8 Å². The van der Waals surface area contributed by atoms with Crippen molar-refractivity contribution in [3.8, 4) is 17.2 Å². The largest absolute Gasteiger partial charge is 0.493 e. The molecule has 0 radical (unpaired) electrons. The Balaban J connectivity index is 1.91. The van der Waals surface area contributed by atoms with Gasteiger partial charge >= 0.3 is 11.9 Å². The third-order valence-electron chi connectivity index (χ3n) is 8.61. The first-order valence-corrected chi connectivity index (χ1v) is 17.5. The highest BCUT2D eigenvalue weighted by atomic mass is 19.1. The third-order valence-corrected chi connectivity index (χ3v) is 8.61. The molecule has 1 aliphatic heterocycles. The maximum absolute atomic E-state index is 15.0. The van der Waals surface area contributed by atoms with Gasteiger partial charge in [-0.25, -0.2) is 14.0 Å². The van der Waals surface area contributed by atoms with Gasteiger partial charge in [-0.05, 0) is 86.4 Å². The van der Waals surface area contributed by atoms with Crippen molar-refractivity contribution < 1.29 is 47.3 Å². The Labute approximate surface area is 306 Å². The van der Waals surface area contributed by atoms with Crippen LogP contribution in [0, 0.1) is 23.1 Å². The van der Waals surface area contributed by atoms with Crippen molar-refractivity contribution in [3.05, 3.63) is 83.7 Å². The summed E-state index contributed by atoms with van der Waals surface area (Å²) in [5.74, 6) is -2.13. The van der Waals surface area contributed by atoms with E-state index in [9.17, 15) is 19.2 Å². The fourth-order valence-corrected chi connectivity index (χ4v) is 5.23. The number of piperidine rings is 1. The standard InChI is InChI=1S/C41H52FNO9/c1-26(2)13-18-37(44)51-25-41(6,7)38(45)39(46)43-19-11-10-12-33(43)40(47)52-34(16-14-29-15-17-35(48-8)36(20-29)49-9)30-21-31(42)23-32(22-30)50-24-28(5)27(3)4/h13-18,20-23,26-27,33-34H,5,10-12,19,24-25H2,1-4,6-9H3/b16-14+,18-13-/t33-,34+/m0/s1. The minimum Gasteiger partial charge on any atom is -0.493 e. The summed E-state index contributed by atoms with van der Waals surface area (Å²) in [7, 11) is 3.04. The van der Waals surface area contributed by atoms with Crippen LogP contribution in [0.25, 0.3) is 6.08 Å². The molecular weight excluding hydrogens is 669 g/mol. The minimum atomic E-state index is -1.35. The molecular formula is C41H52FNO9. The predicted octanol–water partition coefficient (Wildman–Crippen LogP) is 7.46. The zero-order valence-electron chi connectivity index (χ0n) is 31.5. The SMILES string of the molecule is C=C(COc1cc(F)cc([C@@H](/C=C/c2ccc(OC)c(OC)c2)OC(=O)[C@@H]2CCCCN2C(=O)C(=O)C(C)(C)COC(=O)/C=C\C(C)C)c1)C(C)C. The van der Waals surface area contributed by atoms with Crippen molar-refractivity contribution >= 4 is 29.7 Å². The number of halogens is 1. The van der Waals surface area contributed by atoms with Gasteiger partial charge < -0.3 is 28.6 Å². The molecule has 282 valence electrons. The summed E-state index contributed by atoms with van der Waals surface area (Å²) in [4.78, 5) is 54.5. The molecule has 3 rings (SSSR count). The normalized spacial score (nSPS) is 15.5. The second kappa shape index (κ2) is 19.1. The number of rotatable bonds is 17. The number of carbonyl (C=O) groups excluding carboxylic acids is 4. The van der Waals surface area contributed by atoms with Crippen LogP contribution in [0.3, 0.4) is 0 Å². The Kier molecular flexibility index (Phi) is 15.2. The van der Waals surface area contributed by atoms with Crippen LogP contribution in [0.2, 0.25) is 0 Å². The molecule has 1 aliphatic rings.